The third-order valence-electron chi connectivity index (χ3n) is 5.42. The number of nitrogens with zero attached hydrogens (tertiary/aromatic N) is 6. The SMILES string of the molecule is CC(C)N(C(C)C)S(=O)(=O)c1ccc(N2CCn3c(nnc3-c3ccccc3)C2)nc1. The van der Waals surface area contributed by atoms with Crippen molar-refractivity contribution in [2.75, 3.05) is 11.4 Å². The molecule has 3 aromatic rings. The Bertz CT molecular complexity index is 1130. The van der Waals surface area contributed by atoms with Crippen molar-refractivity contribution in [3.63, 3.8) is 0 Å². The third kappa shape index (κ3) is 4.07. The molecule has 0 N–H and O–H groups in total. The van der Waals surface area contributed by atoms with Gasteiger partial charge in [0.05, 0.1) is 6.54 Å². The number of hydrogen-bond donors (Lipinski definition) is 0. The Balaban J connectivity index is 1.55. The molecule has 8 nitrogen and oxygen atoms in total. The van der Waals surface area contributed by atoms with E-state index in [4.69, 9.17) is 0 Å². The Morgan fingerprint density at radius 1 is 0.935 bits per heavy atom. The zero-order valence-electron chi connectivity index (χ0n) is 18.3. The largest absolute Gasteiger partial charge is 0.347 e. The van der Waals surface area contributed by atoms with E-state index in [9.17, 15) is 8.42 Å². The minimum atomic E-state index is -3.60. The van der Waals surface area contributed by atoms with Crippen LogP contribution in [0.3, 0.4) is 0 Å². The van der Waals surface area contributed by atoms with Crippen molar-refractivity contribution in [3.8, 4) is 11.4 Å². The zero-order chi connectivity index (χ0) is 22.2. The monoisotopic (exact) mass is 440 g/mol. The third-order valence-corrected chi connectivity index (χ3v) is 7.66. The molecular formula is C22H28N6O2S. The summed E-state index contributed by atoms with van der Waals surface area (Å²) in [6.07, 6.45) is 1.46. The van der Waals surface area contributed by atoms with E-state index in [0.717, 1.165) is 36.1 Å². The number of benzene rings is 1. The van der Waals surface area contributed by atoms with Gasteiger partial charge < -0.3 is 9.47 Å². The summed E-state index contributed by atoms with van der Waals surface area (Å²) in [6, 6.07) is 13.2. The topological polar surface area (TPSA) is 84.2 Å². The summed E-state index contributed by atoms with van der Waals surface area (Å²) >= 11 is 0. The first-order chi connectivity index (χ1) is 14.8. The molecule has 1 aromatic carbocycles. The van der Waals surface area contributed by atoms with Crippen LogP contribution in [-0.4, -0.2) is 51.1 Å². The number of sulfonamides is 1. The first kappa shape index (κ1) is 21.5. The molecular weight excluding hydrogens is 412 g/mol. The van der Waals surface area contributed by atoms with Gasteiger partial charge in [0.15, 0.2) is 11.6 Å². The molecule has 0 fully saturated rings. The highest BCUT2D eigenvalue weighted by atomic mass is 32.2. The van der Waals surface area contributed by atoms with Gasteiger partial charge >= 0.3 is 0 Å². The number of anilines is 1. The summed E-state index contributed by atoms with van der Waals surface area (Å²) in [7, 11) is -3.60. The molecule has 0 unspecified atom stereocenters. The van der Waals surface area contributed by atoms with Crippen LogP contribution in [0.25, 0.3) is 11.4 Å². The molecule has 0 saturated heterocycles. The highest BCUT2D eigenvalue weighted by molar-refractivity contribution is 7.89. The number of fused-ring (bicyclic) bond motifs is 1. The van der Waals surface area contributed by atoms with Crippen molar-refractivity contribution in [1.82, 2.24) is 24.1 Å². The lowest BCUT2D eigenvalue weighted by molar-refractivity contribution is 0.302. The molecule has 0 aliphatic carbocycles. The zero-order valence-corrected chi connectivity index (χ0v) is 19.1. The standard InChI is InChI=1S/C22H28N6O2S/c1-16(2)28(17(3)4)31(29,30)19-10-11-20(23-14-19)26-12-13-27-21(15-26)24-25-22(27)18-8-6-5-7-9-18/h5-11,14,16-17H,12-13,15H2,1-4H3. The molecule has 31 heavy (non-hydrogen) atoms. The predicted molar refractivity (Wildman–Crippen MR) is 120 cm³/mol. The summed E-state index contributed by atoms with van der Waals surface area (Å²) in [4.78, 5) is 6.78. The van der Waals surface area contributed by atoms with E-state index in [2.05, 4.69) is 24.6 Å². The van der Waals surface area contributed by atoms with Gasteiger partial charge in [-0.15, -0.1) is 10.2 Å². The predicted octanol–water partition coefficient (Wildman–Crippen LogP) is 3.17. The highest BCUT2D eigenvalue weighted by Gasteiger charge is 2.30. The molecule has 4 rings (SSSR count). The maximum Gasteiger partial charge on any atom is 0.245 e. The number of rotatable bonds is 6. The fourth-order valence-corrected chi connectivity index (χ4v) is 5.92. The number of pyridine rings is 1. The lowest BCUT2D eigenvalue weighted by atomic mass is 10.2. The van der Waals surface area contributed by atoms with Gasteiger partial charge in [-0.2, -0.15) is 4.31 Å². The van der Waals surface area contributed by atoms with Crippen molar-refractivity contribution in [1.29, 1.82) is 0 Å². The average molecular weight is 441 g/mol. The molecule has 1 aliphatic heterocycles. The van der Waals surface area contributed by atoms with E-state index >= 15 is 0 Å². The average Bonchev–Trinajstić information content (AvgIpc) is 3.17. The maximum atomic E-state index is 13.1. The number of hydrogen-bond acceptors (Lipinski definition) is 6. The molecule has 0 amide bonds. The summed E-state index contributed by atoms with van der Waals surface area (Å²) in [5.41, 5.74) is 1.04. The summed E-state index contributed by atoms with van der Waals surface area (Å²) in [5.74, 6) is 2.47. The van der Waals surface area contributed by atoms with Gasteiger partial charge in [-0.3, -0.25) is 0 Å². The normalized spacial score (nSPS) is 14.5. The van der Waals surface area contributed by atoms with Crippen molar-refractivity contribution in [2.45, 2.75) is 57.8 Å². The van der Waals surface area contributed by atoms with Crippen LogP contribution < -0.4 is 4.90 Å². The second-order valence-electron chi connectivity index (χ2n) is 8.25. The summed E-state index contributed by atoms with van der Waals surface area (Å²) < 4.78 is 29.8. The van der Waals surface area contributed by atoms with Crippen LogP contribution in [-0.2, 0) is 23.1 Å². The fourth-order valence-electron chi connectivity index (χ4n) is 4.14. The van der Waals surface area contributed by atoms with Crippen molar-refractivity contribution in [3.05, 3.63) is 54.5 Å². The second kappa shape index (κ2) is 8.39. The Hall–Kier alpha value is -2.78. The molecule has 0 atom stereocenters. The van der Waals surface area contributed by atoms with E-state index in [1.165, 1.54) is 10.5 Å². The molecule has 9 heteroatoms. The lowest BCUT2D eigenvalue weighted by Gasteiger charge is -2.30. The van der Waals surface area contributed by atoms with Crippen LogP contribution in [0, 0.1) is 0 Å². The highest BCUT2D eigenvalue weighted by Crippen LogP contribution is 2.26. The van der Waals surface area contributed by atoms with Gasteiger partial charge in [0.25, 0.3) is 0 Å². The minimum Gasteiger partial charge on any atom is -0.347 e. The Labute approximate surface area is 183 Å². The molecule has 3 heterocycles. The second-order valence-corrected chi connectivity index (χ2v) is 10.1. The van der Waals surface area contributed by atoms with Gasteiger partial charge in [-0.05, 0) is 39.8 Å². The van der Waals surface area contributed by atoms with E-state index < -0.39 is 10.0 Å². The minimum absolute atomic E-state index is 0.128. The van der Waals surface area contributed by atoms with Gasteiger partial charge in [-0.25, -0.2) is 13.4 Å². The van der Waals surface area contributed by atoms with E-state index in [1.54, 1.807) is 12.1 Å². The molecule has 1 aliphatic rings. The van der Waals surface area contributed by atoms with Gasteiger partial charge in [0, 0.05) is 36.9 Å². The van der Waals surface area contributed by atoms with Gasteiger partial charge in [0.2, 0.25) is 10.0 Å². The molecule has 2 aromatic heterocycles. The van der Waals surface area contributed by atoms with E-state index in [0.29, 0.717) is 6.54 Å². The van der Waals surface area contributed by atoms with Crippen molar-refractivity contribution >= 4 is 15.8 Å². The lowest BCUT2D eigenvalue weighted by Crippen LogP contribution is -2.42. The smallest absolute Gasteiger partial charge is 0.245 e. The number of aromatic nitrogens is 4. The van der Waals surface area contributed by atoms with Crippen LogP contribution >= 0.6 is 0 Å². The molecule has 164 valence electrons. The quantitative estimate of drug-likeness (QED) is 0.585. The summed E-state index contributed by atoms with van der Waals surface area (Å²) in [5, 5.41) is 8.74. The molecule has 0 spiro atoms. The molecule has 0 bridgehead atoms. The van der Waals surface area contributed by atoms with Gasteiger partial charge in [0.1, 0.15) is 10.7 Å². The maximum absolute atomic E-state index is 13.1. The van der Waals surface area contributed by atoms with E-state index in [1.807, 2.05) is 58.0 Å². The van der Waals surface area contributed by atoms with Crippen LogP contribution in [0.1, 0.15) is 33.5 Å². The summed E-state index contributed by atoms with van der Waals surface area (Å²) in [6.45, 7) is 9.58. The molecule has 0 saturated carbocycles. The fraction of sp³-hybridized carbons (Fsp3) is 0.409. The first-order valence-electron chi connectivity index (χ1n) is 10.5. The van der Waals surface area contributed by atoms with Crippen LogP contribution in [0.15, 0.2) is 53.6 Å². The van der Waals surface area contributed by atoms with Crippen LogP contribution in [0.5, 0.6) is 0 Å². The van der Waals surface area contributed by atoms with Crippen LogP contribution in [0.4, 0.5) is 5.82 Å². The van der Waals surface area contributed by atoms with Crippen molar-refractivity contribution < 1.29 is 8.42 Å². The Morgan fingerprint density at radius 2 is 1.65 bits per heavy atom. The first-order valence-corrected chi connectivity index (χ1v) is 11.9. The Morgan fingerprint density at radius 3 is 2.26 bits per heavy atom. The van der Waals surface area contributed by atoms with Crippen LogP contribution in [0.2, 0.25) is 0 Å². The van der Waals surface area contributed by atoms with Crippen molar-refractivity contribution in [2.24, 2.45) is 0 Å². The Kier molecular flexibility index (Phi) is 5.81. The molecule has 0 radical (unpaired) electrons. The van der Waals surface area contributed by atoms with E-state index in [-0.39, 0.29) is 17.0 Å². The van der Waals surface area contributed by atoms with Gasteiger partial charge in [-0.1, -0.05) is 30.3 Å².